The Morgan fingerprint density at radius 3 is 2.64 bits per heavy atom. The fraction of sp³-hybridized carbons (Fsp3) is 0.409. The van der Waals surface area contributed by atoms with Crippen LogP contribution in [0.5, 0.6) is 11.5 Å². The van der Waals surface area contributed by atoms with Crippen LogP contribution in [-0.2, 0) is 6.42 Å². The first kappa shape index (κ1) is 20.0. The van der Waals surface area contributed by atoms with E-state index < -0.39 is 6.10 Å². The van der Waals surface area contributed by atoms with Crippen LogP contribution in [-0.4, -0.2) is 44.4 Å². The van der Waals surface area contributed by atoms with Crippen molar-refractivity contribution in [1.29, 1.82) is 0 Å². The summed E-state index contributed by atoms with van der Waals surface area (Å²) in [6.45, 7) is 5.92. The minimum Gasteiger partial charge on any atom is -0.490 e. The Morgan fingerprint density at radius 2 is 1.89 bits per heavy atom. The van der Waals surface area contributed by atoms with Crippen molar-refractivity contribution in [3.63, 3.8) is 0 Å². The summed E-state index contributed by atoms with van der Waals surface area (Å²) in [7, 11) is 2.06. The van der Waals surface area contributed by atoms with E-state index >= 15 is 0 Å². The van der Waals surface area contributed by atoms with Crippen molar-refractivity contribution in [2.24, 2.45) is 0 Å². The van der Waals surface area contributed by atoms with Crippen molar-refractivity contribution in [3.8, 4) is 11.5 Å². The SMILES string of the molecule is CCOc1ccc(C(=O)NCC(O)c2ccc3c(c2)CCN3C)cc1OCC. The lowest BCUT2D eigenvalue weighted by Gasteiger charge is -2.16. The fourth-order valence-electron chi connectivity index (χ4n) is 3.40. The van der Waals surface area contributed by atoms with E-state index in [1.165, 1.54) is 11.3 Å². The number of rotatable bonds is 8. The van der Waals surface area contributed by atoms with Gasteiger partial charge in [0.1, 0.15) is 0 Å². The molecule has 1 amide bonds. The third-order valence-corrected chi connectivity index (χ3v) is 4.88. The van der Waals surface area contributed by atoms with Crippen molar-refractivity contribution < 1.29 is 19.4 Å². The summed E-state index contributed by atoms with van der Waals surface area (Å²) in [6, 6.07) is 11.1. The highest BCUT2D eigenvalue weighted by atomic mass is 16.5. The highest BCUT2D eigenvalue weighted by Crippen LogP contribution is 2.30. The van der Waals surface area contributed by atoms with E-state index in [0.29, 0.717) is 30.3 Å². The number of hydrogen-bond acceptors (Lipinski definition) is 5. The first-order chi connectivity index (χ1) is 13.5. The zero-order valence-electron chi connectivity index (χ0n) is 16.7. The number of hydrogen-bond donors (Lipinski definition) is 2. The quantitative estimate of drug-likeness (QED) is 0.732. The van der Waals surface area contributed by atoms with Gasteiger partial charge in [0.25, 0.3) is 5.91 Å². The van der Waals surface area contributed by atoms with Crippen LogP contribution < -0.4 is 19.7 Å². The second-order valence-corrected chi connectivity index (χ2v) is 6.81. The molecule has 0 aliphatic carbocycles. The summed E-state index contributed by atoms with van der Waals surface area (Å²) in [4.78, 5) is 14.7. The third kappa shape index (κ3) is 4.39. The van der Waals surface area contributed by atoms with Crippen LogP contribution >= 0.6 is 0 Å². The minimum absolute atomic E-state index is 0.143. The van der Waals surface area contributed by atoms with E-state index in [0.717, 1.165) is 18.5 Å². The second kappa shape index (κ2) is 8.97. The summed E-state index contributed by atoms with van der Waals surface area (Å²) in [6.07, 6.45) is 0.222. The minimum atomic E-state index is -0.755. The molecule has 1 heterocycles. The molecule has 0 radical (unpaired) electrons. The molecule has 1 aliphatic heterocycles. The Morgan fingerprint density at radius 1 is 1.14 bits per heavy atom. The van der Waals surface area contributed by atoms with Crippen molar-refractivity contribution in [3.05, 3.63) is 53.1 Å². The molecule has 3 rings (SSSR count). The lowest BCUT2D eigenvalue weighted by atomic mass is 10.0. The number of carbonyl (C=O) groups is 1. The molecule has 0 spiro atoms. The number of nitrogens with one attached hydrogen (secondary N) is 1. The number of benzene rings is 2. The number of carbonyl (C=O) groups excluding carboxylic acids is 1. The fourth-order valence-corrected chi connectivity index (χ4v) is 3.40. The third-order valence-electron chi connectivity index (χ3n) is 4.88. The van der Waals surface area contributed by atoms with E-state index in [4.69, 9.17) is 9.47 Å². The van der Waals surface area contributed by atoms with Crippen molar-refractivity contribution >= 4 is 11.6 Å². The molecular weight excluding hydrogens is 356 g/mol. The molecular formula is C22H28N2O4. The van der Waals surface area contributed by atoms with Crippen LogP contribution in [0.1, 0.15) is 41.4 Å². The summed E-state index contributed by atoms with van der Waals surface area (Å²) in [5, 5.41) is 13.3. The Bertz CT molecular complexity index is 837. The van der Waals surface area contributed by atoms with E-state index in [1.54, 1.807) is 18.2 Å². The highest BCUT2D eigenvalue weighted by molar-refractivity contribution is 5.94. The topological polar surface area (TPSA) is 71.0 Å². The summed E-state index contributed by atoms with van der Waals surface area (Å²) >= 11 is 0. The van der Waals surface area contributed by atoms with Gasteiger partial charge in [0.05, 0.1) is 19.3 Å². The van der Waals surface area contributed by atoms with E-state index in [2.05, 4.69) is 17.3 Å². The average Bonchev–Trinajstić information content (AvgIpc) is 3.07. The Hall–Kier alpha value is -2.73. The molecule has 150 valence electrons. The molecule has 2 N–H and O–H groups in total. The number of nitrogens with zero attached hydrogens (tertiary/aromatic N) is 1. The maximum Gasteiger partial charge on any atom is 0.251 e. The van der Waals surface area contributed by atoms with Crippen LogP contribution in [0, 0.1) is 0 Å². The maximum absolute atomic E-state index is 12.5. The molecule has 2 aromatic carbocycles. The van der Waals surface area contributed by atoms with Gasteiger partial charge in [-0.15, -0.1) is 0 Å². The lowest BCUT2D eigenvalue weighted by Crippen LogP contribution is -2.28. The number of aliphatic hydroxyl groups excluding tert-OH is 1. The lowest BCUT2D eigenvalue weighted by molar-refractivity contribution is 0.0916. The number of aliphatic hydroxyl groups is 1. The second-order valence-electron chi connectivity index (χ2n) is 6.81. The van der Waals surface area contributed by atoms with Crippen molar-refractivity contribution in [2.75, 3.05) is 38.3 Å². The largest absolute Gasteiger partial charge is 0.490 e. The van der Waals surface area contributed by atoms with Crippen molar-refractivity contribution in [2.45, 2.75) is 26.4 Å². The van der Waals surface area contributed by atoms with Gasteiger partial charge in [-0.25, -0.2) is 0 Å². The predicted molar refractivity (Wildman–Crippen MR) is 109 cm³/mol. The van der Waals surface area contributed by atoms with Crippen molar-refractivity contribution in [1.82, 2.24) is 5.32 Å². The van der Waals surface area contributed by atoms with Crippen LogP contribution in [0.4, 0.5) is 5.69 Å². The van der Waals surface area contributed by atoms with Gasteiger partial charge in [-0.2, -0.15) is 0 Å². The Labute approximate surface area is 166 Å². The zero-order chi connectivity index (χ0) is 20.1. The van der Waals surface area contributed by atoms with Gasteiger partial charge < -0.3 is 24.8 Å². The Balaban J connectivity index is 1.64. The Kier molecular flexibility index (Phi) is 6.41. The standard InChI is InChI=1S/C22H28N2O4/c1-4-27-20-9-7-17(13-21(20)28-5-2)22(26)23-14-19(25)16-6-8-18-15(12-16)10-11-24(18)3/h6-9,12-13,19,25H,4-5,10-11,14H2,1-3H3,(H,23,26). The summed E-state index contributed by atoms with van der Waals surface area (Å²) < 4.78 is 11.1. The summed E-state index contributed by atoms with van der Waals surface area (Å²) in [5.41, 5.74) is 3.72. The molecule has 0 saturated heterocycles. The van der Waals surface area contributed by atoms with E-state index in [9.17, 15) is 9.90 Å². The molecule has 0 aromatic heterocycles. The molecule has 1 aliphatic rings. The van der Waals surface area contributed by atoms with Gasteiger partial charge in [0.2, 0.25) is 0 Å². The number of likely N-dealkylation sites (N-methyl/N-ethyl adjacent to an activating group) is 1. The van der Waals surface area contributed by atoms with E-state index in [1.807, 2.05) is 32.0 Å². The molecule has 1 atom stereocenters. The average molecular weight is 384 g/mol. The smallest absolute Gasteiger partial charge is 0.251 e. The number of anilines is 1. The molecule has 1 unspecified atom stereocenters. The molecule has 28 heavy (non-hydrogen) atoms. The van der Waals surface area contributed by atoms with Gasteiger partial charge in [0, 0.05) is 31.4 Å². The molecule has 0 saturated carbocycles. The van der Waals surface area contributed by atoms with Crippen LogP contribution in [0.3, 0.4) is 0 Å². The van der Waals surface area contributed by atoms with Gasteiger partial charge >= 0.3 is 0 Å². The van der Waals surface area contributed by atoms with Gasteiger partial charge in [-0.3, -0.25) is 4.79 Å². The first-order valence-corrected chi connectivity index (χ1v) is 9.73. The van der Waals surface area contributed by atoms with E-state index in [-0.39, 0.29) is 12.5 Å². The molecule has 0 bridgehead atoms. The predicted octanol–water partition coefficient (Wildman–Crippen LogP) is 2.94. The van der Waals surface area contributed by atoms with Crippen LogP contribution in [0.25, 0.3) is 0 Å². The maximum atomic E-state index is 12.5. The van der Waals surface area contributed by atoms with Gasteiger partial charge in [-0.1, -0.05) is 12.1 Å². The normalized spacial score (nSPS) is 13.8. The monoisotopic (exact) mass is 384 g/mol. The van der Waals surface area contributed by atoms with Crippen LogP contribution in [0.15, 0.2) is 36.4 Å². The zero-order valence-corrected chi connectivity index (χ0v) is 16.7. The van der Waals surface area contributed by atoms with Gasteiger partial charge in [0.15, 0.2) is 11.5 Å². The van der Waals surface area contributed by atoms with Gasteiger partial charge in [-0.05, 0) is 55.7 Å². The number of ether oxygens (including phenoxy) is 2. The molecule has 2 aromatic rings. The number of amides is 1. The molecule has 0 fully saturated rings. The van der Waals surface area contributed by atoms with Crippen LogP contribution in [0.2, 0.25) is 0 Å². The molecule has 6 heteroatoms. The number of fused-ring (bicyclic) bond motifs is 1. The highest BCUT2D eigenvalue weighted by Gasteiger charge is 2.19. The first-order valence-electron chi connectivity index (χ1n) is 9.73. The molecule has 6 nitrogen and oxygen atoms in total. The summed E-state index contributed by atoms with van der Waals surface area (Å²) in [5.74, 6) is 0.897.